The van der Waals surface area contributed by atoms with Crippen LogP contribution in [0.2, 0.25) is 0 Å². The monoisotopic (exact) mass is 217 g/mol. The highest BCUT2D eigenvalue weighted by Gasteiger charge is 2.03. The Hall–Kier alpha value is -2.37. The van der Waals surface area contributed by atoms with Gasteiger partial charge in [0.1, 0.15) is 11.6 Å². The molecule has 6 heteroatoms. The zero-order valence-electron chi connectivity index (χ0n) is 8.46. The number of hydrogen-bond acceptors (Lipinski definition) is 6. The van der Waals surface area contributed by atoms with Gasteiger partial charge in [0.2, 0.25) is 11.9 Å². The van der Waals surface area contributed by atoms with Gasteiger partial charge in [-0.05, 0) is 17.7 Å². The average Bonchev–Trinajstić information content (AvgIpc) is 2.15. The first-order valence-electron chi connectivity index (χ1n) is 4.67. The predicted octanol–water partition coefficient (Wildman–Crippen LogP) is 0.332. The Labute approximate surface area is 92.0 Å². The average molecular weight is 217 g/mol. The standard InChI is InChI=1S/C10H11N5O/c11-9-13-8(14-10(12)15-9)5-6-2-1-3-7(16)4-6/h1-4,16H,5H2,(H4,11,12,13,14,15). The maximum atomic E-state index is 9.30. The molecular weight excluding hydrogens is 206 g/mol. The molecule has 0 unspecified atom stereocenters. The summed E-state index contributed by atoms with van der Waals surface area (Å²) in [4.78, 5) is 11.6. The number of anilines is 2. The van der Waals surface area contributed by atoms with Gasteiger partial charge in [0, 0.05) is 6.42 Å². The van der Waals surface area contributed by atoms with E-state index in [1.807, 2.05) is 6.07 Å². The lowest BCUT2D eigenvalue weighted by atomic mass is 10.1. The van der Waals surface area contributed by atoms with Crippen LogP contribution in [-0.4, -0.2) is 20.1 Å². The molecule has 1 aromatic heterocycles. The van der Waals surface area contributed by atoms with Gasteiger partial charge in [0.15, 0.2) is 0 Å². The van der Waals surface area contributed by atoms with Crippen molar-refractivity contribution >= 4 is 11.9 Å². The summed E-state index contributed by atoms with van der Waals surface area (Å²) < 4.78 is 0. The van der Waals surface area contributed by atoms with Crippen molar-refractivity contribution in [3.63, 3.8) is 0 Å². The highest BCUT2D eigenvalue weighted by molar-refractivity contribution is 5.31. The van der Waals surface area contributed by atoms with E-state index in [0.717, 1.165) is 5.56 Å². The number of hydrogen-bond donors (Lipinski definition) is 3. The summed E-state index contributed by atoms with van der Waals surface area (Å²) in [7, 11) is 0. The fourth-order valence-electron chi connectivity index (χ4n) is 1.38. The maximum absolute atomic E-state index is 9.30. The van der Waals surface area contributed by atoms with E-state index in [9.17, 15) is 5.11 Å². The summed E-state index contributed by atoms with van der Waals surface area (Å²) in [6.07, 6.45) is 0.450. The number of aromatic hydroxyl groups is 1. The normalized spacial score (nSPS) is 10.2. The van der Waals surface area contributed by atoms with Crippen LogP contribution in [0.5, 0.6) is 5.75 Å². The number of benzene rings is 1. The molecule has 0 saturated heterocycles. The number of phenolic OH excluding ortho intramolecular Hbond substituents is 1. The molecule has 1 aromatic carbocycles. The summed E-state index contributed by atoms with van der Waals surface area (Å²) in [6, 6.07) is 6.84. The Balaban J connectivity index is 2.27. The fourth-order valence-corrected chi connectivity index (χ4v) is 1.38. The minimum absolute atomic E-state index is 0.0997. The zero-order valence-corrected chi connectivity index (χ0v) is 8.46. The van der Waals surface area contributed by atoms with E-state index in [4.69, 9.17) is 11.5 Å². The van der Waals surface area contributed by atoms with Crippen LogP contribution in [0, 0.1) is 0 Å². The molecule has 82 valence electrons. The Morgan fingerprint density at radius 2 is 1.75 bits per heavy atom. The van der Waals surface area contributed by atoms with Gasteiger partial charge >= 0.3 is 0 Å². The molecule has 2 aromatic rings. The maximum Gasteiger partial charge on any atom is 0.225 e. The molecule has 0 aliphatic heterocycles. The summed E-state index contributed by atoms with van der Waals surface area (Å²) in [5.74, 6) is 0.883. The zero-order chi connectivity index (χ0) is 11.5. The van der Waals surface area contributed by atoms with Crippen LogP contribution in [0.25, 0.3) is 0 Å². The van der Waals surface area contributed by atoms with Crippen molar-refractivity contribution in [3.8, 4) is 5.75 Å². The third-order valence-electron chi connectivity index (χ3n) is 1.99. The number of aromatic nitrogens is 3. The first-order chi connectivity index (χ1) is 7.63. The van der Waals surface area contributed by atoms with Crippen molar-refractivity contribution < 1.29 is 5.11 Å². The summed E-state index contributed by atoms with van der Waals surface area (Å²) >= 11 is 0. The lowest BCUT2D eigenvalue weighted by Gasteiger charge is -2.02. The third-order valence-corrected chi connectivity index (χ3v) is 1.99. The fraction of sp³-hybridized carbons (Fsp3) is 0.100. The molecule has 0 spiro atoms. The van der Waals surface area contributed by atoms with Crippen molar-refractivity contribution in [2.45, 2.75) is 6.42 Å². The van der Waals surface area contributed by atoms with E-state index in [0.29, 0.717) is 12.2 Å². The highest BCUT2D eigenvalue weighted by atomic mass is 16.3. The topological polar surface area (TPSA) is 111 Å². The van der Waals surface area contributed by atoms with Gasteiger partial charge in [-0.1, -0.05) is 12.1 Å². The molecule has 0 fully saturated rings. The van der Waals surface area contributed by atoms with Crippen LogP contribution in [0.3, 0.4) is 0 Å². The molecule has 5 N–H and O–H groups in total. The Morgan fingerprint density at radius 1 is 1.06 bits per heavy atom. The van der Waals surface area contributed by atoms with Gasteiger partial charge in [-0.2, -0.15) is 15.0 Å². The predicted molar refractivity (Wildman–Crippen MR) is 59.6 cm³/mol. The van der Waals surface area contributed by atoms with Crippen LogP contribution in [0.1, 0.15) is 11.4 Å². The van der Waals surface area contributed by atoms with Crippen molar-refractivity contribution in [2.24, 2.45) is 0 Å². The Bertz CT molecular complexity index is 494. The second-order valence-electron chi connectivity index (χ2n) is 3.31. The lowest BCUT2D eigenvalue weighted by Crippen LogP contribution is -2.07. The molecule has 16 heavy (non-hydrogen) atoms. The minimum atomic E-state index is 0.0997. The van der Waals surface area contributed by atoms with Gasteiger partial charge in [0.05, 0.1) is 0 Å². The third kappa shape index (κ3) is 2.35. The van der Waals surface area contributed by atoms with Gasteiger partial charge in [-0.15, -0.1) is 0 Å². The lowest BCUT2D eigenvalue weighted by molar-refractivity contribution is 0.474. The van der Waals surface area contributed by atoms with Crippen molar-refractivity contribution in [1.82, 2.24) is 15.0 Å². The number of nitrogens with zero attached hydrogens (tertiary/aromatic N) is 3. The van der Waals surface area contributed by atoms with Crippen LogP contribution >= 0.6 is 0 Å². The number of rotatable bonds is 2. The quantitative estimate of drug-likeness (QED) is 0.668. The van der Waals surface area contributed by atoms with Gasteiger partial charge in [0.25, 0.3) is 0 Å². The molecule has 2 rings (SSSR count). The van der Waals surface area contributed by atoms with Crippen molar-refractivity contribution in [3.05, 3.63) is 35.7 Å². The van der Waals surface area contributed by atoms with Crippen LogP contribution in [0.15, 0.2) is 24.3 Å². The first kappa shape index (κ1) is 10.2. The van der Waals surface area contributed by atoms with Gasteiger partial charge < -0.3 is 16.6 Å². The second-order valence-corrected chi connectivity index (χ2v) is 3.31. The minimum Gasteiger partial charge on any atom is -0.508 e. The molecule has 0 atom stereocenters. The molecule has 0 bridgehead atoms. The molecule has 0 amide bonds. The van der Waals surface area contributed by atoms with Gasteiger partial charge in [-0.3, -0.25) is 0 Å². The SMILES string of the molecule is Nc1nc(N)nc(Cc2cccc(O)c2)n1. The van der Waals surface area contributed by atoms with E-state index >= 15 is 0 Å². The Morgan fingerprint density at radius 3 is 2.38 bits per heavy atom. The number of nitrogen functional groups attached to an aromatic ring is 2. The molecule has 0 saturated carbocycles. The summed E-state index contributed by atoms with van der Waals surface area (Å²) in [5, 5.41) is 9.30. The van der Waals surface area contributed by atoms with Crippen LogP contribution < -0.4 is 11.5 Å². The van der Waals surface area contributed by atoms with Crippen LogP contribution in [-0.2, 0) is 6.42 Å². The summed E-state index contributed by atoms with van der Waals surface area (Å²) in [5.41, 5.74) is 11.8. The molecule has 0 aliphatic carbocycles. The smallest absolute Gasteiger partial charge is 0.225 e. The van der Waals surface area contributed by atoms with E-state index in [2.05, 4.69) is 15.0 Å². The summed E-state index contributed by atoms with van der Waals surface area (Å²) in [6.45, 7) is 0. The Kier molecular flexibility index (Phi) is 2.55. The molecule has 0 aliphatic rings. The van der Waals surface area contributed by atoms with E-state index in [-0.39, 0.29) is 17.6 Å². The molecule has 0 radical (unpaired) electrons. The van der Waals surface area contributed by atoms with Crippen molar-refractivity contribution in [1.29, 1.82) is 0 Å². The highest BCUT2D eigenvalue weighted by Crippen LogP contribution is 2.13. The molecular formula is C10H11N5O. The van der Waals surface area contributed by atoms with Crippen molar-refractivity contribution in [2.75, 3.05) is 11.5 Å². The molecule has 6 nitrogen and oxygen atoms in total. The number of phenols is 1. The largest absolute Gasteiger partial charge is 0.508 e. The second kappa shape index (κ2) is 4.01. The first-order valence-corrected chi connectivity index (χ1v) is 4.67. The van der Waals surface area contributed by atoms with Crippen LogP contribution in [0.4, 0.5) is 11.9 Å². The van der Waals surface area contributed by atoms with Gasteiger partial charge in [-0.25, -0.2) is 0 Å². The number of nitrogens with two attached hydrogens (primary N) is 2. The van der Waals surface area contributed by atoms with E-state index in [1.165, 1.54) is 0 Å². The molecule has 1 heterocycles. The van der Waals surface area contributed by atoms with E-state index < -0.39 is 0 Å². The van der Waals surface area contributed by atoms with E-state index in [1.54, 1.807) is 18.2 Å².